The standard InChI is InChI=1S/C20H21N3O7S/c1-30-20(25)17-7-2-3-8-18(17)31(28,29)22-11-9-14(10-12-22)19(24)21-15-5-4-6-16(13-15)23(26)27/h2-8,13-14H,9-12H2,1H3,(H,21,24). The van der Waals surface area contributed by atoms with Gasteiger partial charge in [-0.25, -0.2) is 13.2 Å². The van der Waals surface area contributed by atoms with Crippen LogP contribution in [-0.2, 0) is 19.6 Å². The molecule has 164 valence electrons. The van der Waals surface area contributed by atoms with Gasteiger partial charge in [0.15, 0.2) is 0 Å². The summed E-state index contributed by atoms with van der Waals surface area (Å²) in [5.74, 6) is -1.51. The predicted octanol–water partition coefficient (Wildman–Crippen LogP) is 2.42. The number of hydrogen-bond donors (Lipinski definition) is 1. The molecular weight excluding hydrogens is 426 g/mol. The number of benzene rings is 2. The second-order valence-electron chi connectivity index (χ2n) is 6.96. The summed E-state index contributed by atoms with van der Waals surface area (Å²) in [6.45, 7) is 0.204. The number of piperidine rings is 1. The fourth-order valence-electron chi connectivity index (χ4n) is 3.41. The normalized spacial score (nSPS) is 15.3. The molecule has 1 saturated heterocycles. The summed E-state index contributed by atoms with van der Waals surface area (Å²) in [6.07, 6.45) is 0.556. The van der Waals surface area contributed by atoms with Gasteiger partial charge in [-0.15, -0.1) is 0 Å². The average Bonchev–Trinajstić information content (AvgIpc) is 2.78. The number of rotatable bonds is 6. The minimum absolute atomic E-state index is 0.0458. The molecule has 10 nitrogen and oxygen atoms in total. The van der Waals surface area contributed by atoms with Gasteiger partial charge in [-0.1, -0.05) is 18.2 Å². The molecular formula is C20H21N3O7S. The molecule has 1 fully saturated rings. The lowest BCUT2D eigenvalue weighted by Gasteiger charge is -2.30. The van der Waals surface area contributed by atoms with Crippen LogP contribution in [0.5, 0.6) is 0 Å². The number of non-ortho nitro benzene ring substituents is 1. The Morgan fingerprint density at radius 1 is 1.13 bits per heavy atom. The third kappa shape index (κ3) is 4.89. The Morgan fingerprint density at radius 3 is 2.45 bits per heavy atom. The number of nitro groups is 1. The highest BCUT2D eigenvalue weighted by Gasteiger charge is 2.34. The quantitative estimate of drug-likeness (QED) is 0.408. The molecule has 0 radical (unpaired) electrons. The lowest BCUT2D eigenvalue weighted by molar-refractivity contribution is -0.384. The predicted molar refractivity (Wildman–Crippen MR) is 111 cm³/mol. The Kier molecular flexibility index (Phi) is 6.66. The van der Waals surface area contributed by atoms with Crippen LogP contribution >= 0.6 is 0 Å². The topological polar surface area (TPSA) is 136 Å². The SMILES string of the molecule is COC(=O)c1ccccc1S(=O)(=O)N1CCC(C(=O)Nc2cccc([N+](=O)[O-])c2)CC1. The number of nitrogens with one attached hydrogen (secondary N) is 1. The maximum Gasteiger partial charge on any atom is 0.339 e. The first-order valence-corrected chi connectivity index (χ1v) is 10.9. The van der Waals surface area contributed by atoms with Gasteiger partial charge in [0, 0.05) is 36.8 Å². The van der Waals surface area contributed by atoms with Gasteiger partial charge < -0.3 is 10.1 Å². The van der Waals surface area contributed by atoms with Crippen molar-refractivity contribution in [2.75, 3.05) is 25.5 Å². The number of hydrogen-bond acceptors (Lipinski definition) is 7. The van der Waals surface area contributed by atoms with Crippen LogP contribution in [0.1, 0.15) is 23.2 Å². The molecule has 0 bridgehead atoms. The first kappa shape index (κ1) is 22.4. The Balaban J connectivity index is 1.68. The number of ether oxygens (including phenoxy) is 1. The molecule has 11 heteroatoms. The number of esters is 1. The molecule has 3 rings (SSSR count). The van der Waals surface area contributed by atoms with Crippen molar-refractivity contribution in [3.05, 3.63) is 64.2 Å². The Hall–Kier alpha value is -3.31. The second-order valence-corrected chi connectivity index (χ2v) is 8.87. The van der Waals surface area contributed by atoms with Gasteiger partial charge in [0.25, 0.3) is 5.69 Å². The summed E-state index contributed by atoms with van der Waals surface area (Å²) < 4.78 is 32.0. The molecule has 1 amide bonds. The molecule has 0 saturated carbocycles. The van der Waals surface area contributed by atoms with E-state index in [1.54, 1.807) is 12.1 Å². The highest BCUT2D eigenvalue weighted by atomic mass is 32.2. The van der Waals surface area contributed by atoms with E-state index in [2.05, 4.69) is 10.1 Å². The molecule has 2 aromatic rings. The molecule has 0 aromatic heterocycles. The van der Waals surface area contributed by atoms with E-state index in [0.29, 0.717) is 5.69 Å². The Morgan fingerprint density at radius 2 is 1.81 bits per heavy atom. The van der Waals surface area contributed by atoms with Crippen molar-refractivity contribution in [3.8, 4) is 0 Å². The van der Waals surface area contributed by atoms with Crippen LogP contribution in [0.4, 0.5) is 11.4 Å². The van der Waals surface area contributed by atoms with Crippen molar-refractivity contribution >= 4 is 33.3 Å². The third-order valence-electron chi connectivity index (χ3n) is 5.06. The van der Waals surface area contributed by atoms with E-state index in [-0.39, 0.29) is 48.0 Å². The van der Waals surface area contributed by atoms with E-state index in [9.17, 15) is 28.1 Å². The number of nitrogens with zero attached hydrogens (tertiary/aromatic N) is 2. The number of amides is 1. The molecule has 1 aliphatic rings. The van der Waals surface area contributed by atoms with Crippen LogP contribution in [0, 0.1) is 16.0 Å². The van der Waals surface area contributed by atoms with Crippen LogP contribution in [-0.4, -0.2) is 49.7 Å². The first-order chi connectivity index (χ1) is 14.7. The van der Waals surface area contributed by atoms with E-state index in [1.807, 2.05) is 0 Å². The number of sulfonamides is 1. The second kappa shape index (κ2) is 9.23. The zero-order valence-corrected chi connectivity index (χ0v) is 17.5. The van der Waals surface area contributed by atoms with Crippen LogP contribution in [0.25, 0.3) is 0 Å². The fourth-order valence-corrected chi connectivity index (χ4v) is 5.06. The molecule has 1 N–H and O–H groups in total. The van der Waals surface area contributed by atoms with E-state index >= 15 is 0 Å². The van der Waals surface area contributed by atoms with Crippen molar-refractivity contribution < 1.29 is 27.7 Å². The molecule has 1 aliphatic heterocycles. The largest absolute Gasteiger partial charge is 0.465 e. The lowest BCUT2D eigenvalue weighted by atomic mass is 9.97. The zero-order valence-electron chi connectivity index (χ0n) is 16.7. The van der Waals surface area contributed by atoms with Gasteiger partial charge in [-0.05, 0) is 31.0 Å². The summed E-state index contributed by atoms with van der Waals surface area (Å²) in [6, 6.07) is 11.4. The number of anilines is 1. The number of methoxy groups -OCH3 is 1. The molecule has 0 unspecified atom stereocenters. The van der Waals surface area contributed by atoms with Gasteiger partial charge in [-0.3, -0.25) is 14.9 Å². The maximum absolute atomic E-state index is 13.1. The van der Waals surface area contributed by atoms with E-state index < -0.39 is 26.8 Å². The average molecular weight is 447 g/mol. The maximum atomic E-state index is 13.1. The Labute approximate surface area is 179 Å². The highest BCUT2D eigenvalue weighted by Crippen LogP contribution is 2.27. The van der Waals surface area contributed by atoms with Gasteiger partial charge >= 0.3 is 5.97 Å². The van der Waals surface area contributed by atoms with Crippen molar-refractivity contribution in [1.82, 2.24) is 4.31 Å². The summed E-state index contributed by atoms with van der Waals surface area (Å²) in [4.78, 5) is 34.7. The Bertz CT molecular complexity index is 1110. The summed E-state index contributed by atoms with van der Waals surface area (Å²) in [5.41, 5.74) is 0.125. The van der Waals surface area contributed by atoms with E-state index in [1.165, 1.54) is 47.8 Å². The minimum atomic E-state index is -3.95. The van der Waals surface area contributed by atoms with Crippen LogP contribution in [0.15, 0.2) is 53.4 Å². The fraction of sp³-hybridized carbons (Fsp3) is 0.300. The zero-order chi connectivity index (χ0) is 22.6. The molecule has 0 aliphatic carbocycles. The number of carbonyl (C=O) groups is 2. The first-order valence-electron chi connectivity index (χ1n) is 9.47. The van der Waals surface area contributed by atoms with Gasteiger partial charge in [0.2, 0.25) is 15.9 Å². The van der Waals surface area contributed by atoms with E-state index in [4.69, 9.17) is 0 Å². The van der Waals surface area contributed by atoms with Gasteiger partial charge in [-0.2, -0.15) is 4.31 Å². The van der Waals surface area contributed by atoms with Crippen molar-refractivity contribution in [1.29, 1.82) is 0 Å². The van der Waals surface area contributed by atoms with Crippen molar-refractivity contribution in [2.24, 2.45) is 5.92 Å². The van der Waals surface area contributed by atoms with Gasteiger partial charge in [0.05, 0.1) is 22.5 Å². The van der Waals surface area contributed by atoms with Crippen LogP contribution in [0.2, 0.25) is 0 Å². The minimum Gasteiger partial charge on any atom is -0.465 e. The monoisotopic (exact) mass is 447 g/mol. The number of carbonyl (C=O) groups excluding carboxylic acids is 2. The third-order valence-corrected chi connectivity index (χ3v) is 7.02. The van der Waals surface area contributed by atoms with Crippen molar-refractivity contribution in [2.45, 2.75) is 17.7 Å². The van der Waals surface area contributed by atoms with Gasteiger partial charge in [0.1, 0.15) is 0 Å². The molecule has 1 heterocycles. The highest BCUT2D eigenvalue weighted by molar-refractivity contribution is 7.89. The summed E-state index contributed by atoms with van der Waals surface area (Å²) in [5, 5.41) is 13.5. The smallest absolute Gasteiger partial charge is 0.339 e. The number of nitro benzene ring substituents is 1. The molecule has 2 aromatic carbocycles. The summed E-state index contributed by atoms with van der Waals surface area (Å²) >= 11 is 0. The lowest BCUT2D eigenvalue weighted by Crippen LogP contribution is -2.41. The van der Waals surface area contributed by atoms with Crippen molar-refractivity contribution in [3.63, 3.8) is 0 Å². The molecule has 0 spiro atoms. The molecule has 31 heavy (non-hydrogen) atoms. The molecule has 0 atom stereocenters. The van der Waals surface area contributed by atoms with Crippen LogP contribution in [0.3, 0.4) is 0 Å². The van der Waals surface area contributed by atoms with E-state index in [0.717, 1.165) is 0 Å². The summed E-state index contributed by atoms with van der Waals surface area (Å²) in [7, 11) is -2.77. The van der Waals surface area contributed by atoms with Crippen LogP contribution < -0.4 is 5.32 Å².